The van der Waals surface area contributed by atoms with Gasteiger partial charge in [0.2, 0.25) is 0 Å². The van der Waals surface area contributed by atoms with Crippen molar-refractivity contribution in [3.05, 3.63) is 45.4 Å². The van der Waals surface area contributed by atoms with Crippen molar-refractivity contribution in [2.75, 3.05) is 0 Å². The van der Waals surface area contributed by atoms with Crippen LogP contribution in [0.25, 0.3) is 11.4 Å². The van der Waals surface area contributed by atoms with E-state index in [-0.39, 0.29) is 5.56 Å². The molecule has 0 saturated heterocycles. The van der Waals surface area contributed by atoms with E-state index < -0.39 is 5.82 Å². The molecular formula is C14H11Cl2FN2. The summed E-state index contributed by atoms with van der Waals surface area (Å²) in [6.45, 7) is 2.10. The molecule has 0 aliphatic heterocycles. The minimum atomic E-state index is -0.397. The van der Waals surface area contributed by atoms with Crippen molar-refractivity contribution in [1.82, 2.24) is 9.97 Å². The summed E-state index contributed by atoms with van der Waals surface area (Å²) in [7, 11) is 0. The molecule has 2 nitrogen and oxygen atoms in total. The van der Waals surface area contributed by atoms with Crippen molar-refractivity contribution in [1.29, 1.82) is 0 Å². The second-order valence-electron chi connectivity index (χ2n) is 4.76. The molecule has 1 aromatic heterocycles. The van der Waals surface area contributed by atoms with Gasteiger partial charge in [-0.2, -0.15) is 0 Å². The molecule has 5 heteroatoms. The van der Waals surface area contributed by atoms with Crippen LogP contribution in [0.2, 0.25) is 10.2 Å². The Morgan fingerprint density at radius 2 is 2.05 bits per heavy atom. The highest BCUT2D eigenvalue weighted by Gasteiger charge is 2.25. The molecule has 1 aliphatic carbocycles. The SMILES string of the molecule is CC1CCc2nc(-c3cc(Cl)ccc3F)nc(Cl)c21. The van der Waals surface area contributed by atoms with Crippen LogP contribution in [0.4, 0.5) is 4.39 Å². The van der Waals surface area contributed by atoms with Crippen molar-refractivity contribution < 1.29 is 4.39 Å². The Labute approximate surface area is 120 Å². The second kappa shape index (κ2) is 4.73. The van der Waals surface area contributed by atoms with Gasteiger partial charge in [-0.3, -0.25) is 0 Å². The first kappa shape index (κ1) is 12.8. The maximum Gasteiger partial charge on any atom is 0.164 e. The lowest BCUT2D eigenvalue weighted by atomic mass is 10.1. The number of hydrogen-bond acceptors (Lipinski definition) is 2. The first-order valence-corrected chi connectivity index (χ1v) is 6.83. The number of hydrogen-bond donors (Lipinski definition) is 0. The van der Waals surface area contributed by atoms with Gasteiger partial charge in [0.1, 0.15) is 11.0 Å². The van der Waals surface area contributed by atoms with E-state index in [4.69, 9.17) is 23.2 Å². The molecule has 0 spiro atoms. The molecule has 0 radical (unpaired) electrons. The quantitative estimate of drug-likeness (QED) is 0.717. The van der Waals surface area contributed by atoms with E-state index in [1.807, 2.05) is 0 Å². The fourth-order valence-corrected chi connectivity index (χ4v) is 3.00. The van der Waals surface area contributed by atoms with E-state index in [1.54, 1.807) is 0 Å². The maximum atomic E-state index is 13.8. The Morgan fingerprint density at radius 3 is 2.84 bits per heavy atom. The molecule has 1 atom stereocenters. The minimum absolute atomic E-state index is 0.289. The highest BCUT2D eigenvalue weighted by Crippen LogP contribution is 2.37. The summed E-state index contributed by atoms with van der Waals surface area (Å²) >= 11 is 12.1. The third-order valence-electron chi connectivity index (χ3n) is 3.45. The lowest BCUT2D eigenvalue weighted by Gasteiger charge is -2.09. The van der Waals surface area contributed by atoms with Crippen molar-refractivity contribution in [2.45, 2.75) is 25.7 Å². The number of aromatic nitrogens is 2. The van der Waals surface area contributed by atoms with Gasteiger partial charge in [-0.05, 0) is 37.0 Å². The van der Waals surface area contributed by atoms with E-state index in [0.717, 1.165) is 24.1 Å². The number of fused-ring (bicyclic) bond motifs is 1. The molecule has 1 heterocycles. The minimum Gasteiger partial charge on any atom is -0.233 e. The Morgan fingerprint density at radius 1 is 1.26 bits per heavy atom. The van der Waals surface area contributed by atoms with Crippen LogP contribution in [0.3, 0.4) is 0 Å². The first-order chi connectivity index (χ1) is 9.06. The number of rotatable bonds is 1. The summed E-state index contributed by atoms with van der Waals surface area (Å²) in [5, 5.41) is 0.870. The Hall–Kier alpha value is -1.19. The van der Waals surface area contributed by atoms with E-state index in [2.05, 4.69) is 16.9 Å². The smallest absolute Gasteiger partial charge is 0.164 e. The Bertz CT molecular complexity index is 658. The van der Waals surface area contributed by atoms with Crippen LogP contribution in [-0.2, 0) is 6.42 Å². The summed E-state index contributed by atoms with van der Waals surface area (Å²) in [4.78, 5) is 8.67. The lowest BCUT2D eigenvalue weighted by molar-refractivity contribution is 0.630. The van der Waals surface area contributed by atoms with Crippen LogP contribution in [-0.4, -0.2) is 9.97 Å². The van der Waals surface area contributed by atoms with Gasteiger partial charge in [0.25, 0.3) is 0 Å². The molecule has 0 bridgehead atoms. The fourth-order valence-electron chi connectivity index (χ4n) is 2.45. The molecule has 1 aromatic carbocycles. The average Bonchev–Trinajstić information content (AvgIpc) is 2.74. The normalized spacial score (nSPS) is 17.6. The van der Waals surface area contributed by atoms with E-state index in [9.17, 15) is 4.39 Å². The van der Waals surface area contributed by atoms with Crippen LogP contribution >= 0.6 is 23.2 Å². The molecule has 3 rings (SSSR count). The van der Waals surface area contributed by atoms with Crippen molar-refractivity contribution >= 4 is 23.2 Å². The summed E-state index contributed by atoms with van der Waals surface area (Å²) in [6, 6.07) is 4.33. The molecule has 0 amide bonds. The number of nitrogens with zero attached hydrogens (tertiary/aromatic N) is 2. The largest absolute Gasteiger partial charge is 0.233 e. The Kier molecular flexibility index (Phi) is 3.19. The zero-order valence-corrected chi connectivity index (χ0v) is 11.8. The monoisotopic (exact) mass is 296 g/mol. The highest BCUT2D eigenvalue weighted by atomic mass is 35.5. The van der Waals surface area contributed by atoms with Crippen LogP contribution < -0.4 is 0 Å². The van der Waals surface area contributed by atoms with Gasteiger partial charge < -0.3 is 0 Å². The summed E-state index contributed by atoms with van der Waals surface area (Å²) in [5.41, 5.74) is 2.20. The maximum absolute atomic E-state index is 13.8. The molecule has 1 unspecified atom stereocenters. The topological polar surface area (TPSA) is 25.8 Å². The van der Waals surface area contributed by atoms with Gasteiger partial charge in [0.05, 0.1) is 5.56 Å². The third kappa shape index (κ3) is 2.21. The highest BCUT2D eigenvalue weighted by molar-refractivity contribution is 6.31. The van der Waals surface area contributed by atoms with Gasteiger partial charge in [0, 0.05) is 16.3 Å². The predicted molar refractivity (Wildman–Crippen MR) is 74.2 cm³/mol. The number of halogens is 3. The zero-order chi connectivity index (χ0) is 13.6. The van der Waals surface area contributed by atoms with Crippen molar-refractivity contribution in [3.8, 4) is 11.4 Å². The second-order valence-corrected chi connectivity index (χ2v) is 5.56. The molecule has 2 aromatic rings. The fraction of sp³-hybridized carbons (Fsp3) is 0.286. The summed E-state index contributed by atoms with van der Waals surface area (Å²) in [5.74, 6) is 0.269. The number of benzene rings is 1. The van der Waals surface area contributed by atoms with Gasteiger partial charge in [-0.1, -0.05) is 30.1 Å². The zero-order valence-electron chi connectivity index (χ0n) is 10.3. The molecule has 0 fully saturated rings. The van der Waals surface area contributed by atoms with Crippen LogP contribution in [0.1, 0.15) is 30.5 Å². The van der Waals surface area contributed by atoms with Crippen LogP contribution in [0, 0.1) is 5.82 Å². The average molecular weight is 297 g/mol. The first-order valence-electron chi connectivity index (χ1n) is 6.08. The molecule has 0 saturated carbocycles. The van der Waals surface area contributed by atoms with E-state index in [0.29, 0.717) is 21.9 Å². The van der Waals surface area contributed by atoms with Crippen LogP contribution in [0.5, 0.6) is 0 Å². The number of aryl methyl sites for hydroxylation is 1. The molecule has 1 aliphatic rings. The van der Waals surface area contributed by atoms with Gasteiger partial charge in [0.15, 0.2) is 5.82 Å². The van der Waals surface area contributed by atoms with E-state index >= 15 is 0 Å². The van der Waals surface area contributed by atoms with Gasteiger partial charge in [-0.15, -0.1) is 0 Å². The summed E-state index contributed by atoms with van der Waals surface area (Å²) in [6.07, 6.45) is 1.86. The lowest BCUT2D eigenvalue weighted by Crippen LogP contribution is -2.00. The van der Waals surface area contributed by atoms with Crippen LogP contribution in [0.15, 0.2) is 18.2 Å². The molecular weight excluding hydrogens is 286 g/mol. The third-order valence-corrected chi connectivity index (χ3v) is 3.98. The summed E-state index contributed by atoms with van der Waals surface area (Å²) < 4.78 is 13.8. The van der Waals surface area contributed by atoms with Crippen molar-refractivity contribution in [2.24, 2.45) is 0 Å². The molecule has 0 N–H and O–H groups in total. The standard InChI is InChI=1S/C14H11Cl2FN2/c1-7-2-5-11-12(7)13(16)19-14(18-11)9-6-8(15)3-4-10(9)17/h3-4,6-7H,2,5H2,1H3. The van der Waals surface area contributed by atoms with Gasteiger partial charge >= 0.3 is 0 Å². The van der Waals surface area contributed by atoms with Gasteiger partial charge in [-0.25, -0.2) is 14.4 Å². The molecule has 19 heavy (non-hydrogen) atoms. The van der Waals surface area contributed by atoms with E-state index in [1.165, 1.54) is 18.2 Å². The predicted octanol–water partition coefficient (Wildman–Crippen LogP) is 4.64. The Balaban J connectivity index is 2.17. The van der Waals surface area contributed by atoms with Crippen molar-refractivity contribution in [3.63, 3.8) is 0 Å². The molecule has 98 valence electrons.